The van der Waals surface area contributed by atoms with Crippen LogP contribution >= 0.6 is 11.3 Å². The number of aromatic nitrogens is 1. The Labute approximate surface area is 110 Å². The number of carbonyl (C=O) groups excluding carboxylic acids is 1. The fourth-order valence-corrected chi connectivity index (χ4v) is 2.90. The van der Waals surface area contributed by atoms with Gasteiger partial charge in [-0.2, -0.15) is 0 Å². The summed E-state index contributed by atoms with van der Waals surface area (Å²) in [7, 11) is 1.21. The van der Waals surface area contributed by atoms with Crippen molar-refractivity contribution in [2.75, 3.05) is 7.11 Å². The molecule has 96 valence electrons. The van der Waals surface area contributed by atoms with Gasteiger partial charge in [0.2, 0.25) is 0 Å². The zero-order valence-corrected chi connectivity index (χ0v) is 10.6. The normalized spacial score (nSPS) is 11.1. The molecule has 0 spiro atoms. The second-order valence-corrected chi connectivity index (χ2v) is 4.90. The lowest BCUT2D eigenvalue weighted by molar-refractivity contribution is 0.0602. The third kappa shape index (κ3) is 1.72. The summed E-state index contributed by atoms with van der Waals surface area (Å²) in [4.78, 5) is 26.2. The van der Waals surface area contributed by atoms with Gasteiger partial charge in [-0.05, 0) is 23.6 Å². The fraction of sp³-hybridized carbons (Fsp3) is 0.0769. The van der Waals surface area contributed by atoms with Crippen LogP contribution in [0, 0.1) is 5.82 Å². The van der Waals surface area contributed by atoms with Crippen LogP contribution in [0.1, 0.15) is 10.4 Å². The Morgan fingerprint density at radius 2 is 2.16 bits per heavy atom. The molecule has 1 N–H and O–H groups in total. The highest BCUT2D eigenvalue weighted by atomic mass is 32.1. The van der Waals surface area contributed by atoms with Gasteiger partial charge < -0.3 is 9.72 Å². The Kier molecular flexibility index (Phi) is 2.60. The Bertz CT molecular complexity index is 865. The molecule has 0 aliphatic carbocycles. The number of carbonyl (C=O) groups is 1. The van der Waals surface area contributed by atoms with Crippen LogP contribution in [-0.2, 0) is 4.74 Å². The van der Waals surface area contributed by atoms with Crippen molar-refractivity contribution < 1.29 is 13.9 Å². The number of benzene rings is 1. The number of esters is 1. The van der Waals surface area contributed by atoms with Crippen molar-refractivity contribution in [1.29, 1.82) is 0 Å². The van der Waals surface area contributed by atoms with Crippen molar-refractivity contribution in [2.45, 2.75) is 0 Å². The lowest BCUT2D eigenvalue weighted by Gasteiger charge is -2.06. The SMILES string of the molecule is COC(=O)c1cc(F)cc2c1[nH]c(=O)c1sccc12. The number of ether oxygens (including phenoxy) is 1. The number of H-pyrrole nitrogens is 1. The molecule has 0 saturated carbocycles. The van der Waals surface area contributed by atoms with E-state index in [1.54, 1.807) is 11.4 Å². The molecule has 1 aromatic carbocycles. The van der Waals surface area contributed by atoms with Crippen LogP contribution < -0.4 is 5.56 Å². The highest BCUT2D eigenvalue weighted by Gasteiger charge is 2.16. The van der Waals surface area contributed by atoms with Crippen molar-refractivity contribution in [3.05, 3.63) is 45.3 Å². The van der Waals surface area contributed by atoms with Gasteiger partial charge in [0.15, 0.2) is 0 Å². The molecule has 0 saturated heterocycles. The Hall–Kier alpha value is -2.21. The van der Waals surface area contributed by atoms with E-state index in [-0.39, 0.29) is 11.1 Å². The van der Waals surface area contributed by atoms with E-state index in [2.05, 4.69) is 9.72 Å². The summed E-state index contributed by atoms with van der Waals surface area (Å²) in [6.45, 7) is 0. The molecule has 2 aromatic heterocycles. The van der Waals surface area contributed by atoms with E-state index >= 15 is 0 Å². The first-order valence-electron chi connectivity index (χ1n) is 5.43. The molecule has 3 rings (SSSR count). The first-order chi connectivity index (χ1) is 9.11. The summed E-state index contributed by atoms with van der Waals surface area (Å²) in [6.07, 6.45) is 0. The fourth-order valence-electron chi connectivity index (χ4n) is 2.09. The van der Waals surface area contributed by atoms with Crippen LogP contribution in [0.25, 0.3) is 21.0 Å². The molecule has 3 aromatic rings. The smallest absolute Gasteiger partial charge is 0.340 e. The molecular weight excluding hydrogens is 269 g/mol. The topological polar surface area (TPSA) is 59.2 Å². The van der Waals surface area contributed by atoms with Crippen LogP contribution in [0.15, 0.2) is 28.4 Å². The lowest BCUT2D eigenvalue weighted by Crippen LogP contribution is -2.10. The first kappa shape index (κ1) is 11.9. The van der Waals surface area contributed by atoms with E-state index in [1.165, 1.54) is 24.5 Å². The zero-order chi connectivity index (χ0) is 13.6. The van der Waals surface area contributed by atoms with Crippen molar-refractivity contribution in [3.8, 4) is 0 Å². The number of hydrogen-bond donors (Lipinski definition) is 1. The number of nitrogens with one attached hydrogen (secondary N) is 1. The van der Waals surface area contributed by atoms with Gasteiger partial charge in [0.1, 0.15) is 10.5 Å². The summed E-state index contributed by atoms with van der Waals surface area (Å²) < 4.78 is 18.7. The number of methoxy groups -OCH3 is 1. The van der Waals surface area contributed by atoms with E-state index < -0.39 is 11.8 Å². The average Bonchev–Trinajstić information content (AvgIpc) is 2.88. The van der Waals surface area contributed by atoms with Gasteiger partial charge in [-0.1, -0.05) is 0 Å². The van der Waals surface area contributed by atoms with Gasteiger partial charge in [-0.15, -0.1) is 11.3 Å². The lowest BCUT2D eigenvalue weighted by atomic mass is 10.1. The molecule has 4 nitrogen and oxygen atoms in total. The summed E-state index contributed by atoms with van der Waals surface area (Å²) in [5.41, 5.74) is 0.0149. The number of hydrogen-bond acceptors (Lipinski definition) is 4. The summed E-state index contributed by atoms with van der Waals surface area (Å²) >= 11 is 1.27. The van der Waals surface area contributed by atoms with Crippen LogP contribution in [0.2, 0.25) is 0 Å². The molecule has 19 heavy (non-hydrogen) atoms. The number of aromatic amines is 1. The molecule has 0 bridgehead atoms. The zero-order valence-electron chi connectivity index (χ0n) is 9.82. The highest BCUT2D eigenvalue weighted by molar-refractivity contribution is 7.17. The van der Waals surface area contributed by atoms with E-state index in [1.807, 2.05) is 0 Å². The summed E-state index contributed by atoms with van der Waals surface area (Å²) in [5.74, 6) is -1.23. The van der Waals surface area contributed by atoms with Gasteiger partial charge in [0.25, 0.3) is 5.56 Å². The Morgan fingerprint density at radius 1 is 1.37 bits per heavy atom. The standard InChI is InChI=1S/C13H8FNO3S/c1-18-13(17)9-5-6(14)4-8-7-2-3-19-11(7)12(16)15-10(8)9/h2-5H,1H3,(H,15,16). The molecule has 6 heteroatoms. The maximum Gasteiger partial charge on any atom is 0.340 e. The summed E-state index contributed by atoms with van der Waals surface area (Å²) in [6, 6.07) is 4.09. The predicted molar refractivity (Wildman–Crippen MR) is 71.2 cm³/mol. The van der Waals surface area contributed by atoms with Crippen LogP contribution in [0.4, 0.5) is 4.39 Å². The maximum absolute atomic E-state index is 13.6. The van der Waals surface area contributed by atoms with Gasteiger partial charge in [0.05, 0.1) is 18.2 Å². The number of pyridine rings is 1. The van der Waals surface area contributed by atoms with Gasteiger partial charge in [0, 0.05) is 10.8 Å². The minimum atomic E-state index is -0.685. The molecule has 0 radical (unpaired) electrons. The molecule has 0 unspecified atom stereocenters. The van der Waals surface area contributed by atoms with Crippen molar-refractivity contribution >= 4 is 38.3 Å². The monoisotopic (exact) mass is 277 g/mol. The molecule has 0 aliphatic heterocycles. The maximum atomic E-state index is 13.6. The predicted octanol–water partition coefficient (Wildman–Crippen LogP) is 2.67. The Balaban J connectivity index is 2.55. The quantitative estimate of drug-likeness (QED) is 0.696. The molecular formula is C13H8FNO3S. The van der Waals surface area contributed by atoms with Gasteiger partial charge in [-0.25, -0.2) is 9.18 Å². The third-order valence-electron chi connectivity index (χ3n) is 2.91. The molecule has 2 heterocycles. The number of rotatable bonds is 1. The van der Waals surface area contributed by atoms with Crippen LogP contribution in [0.3, 0.4) is 0 Å². The Morgan fingerprint density at radius 3 is 2.89 bits per heavy atom. The average molecular weight is 277 g/mol. The van der Waals surface area contributed by atoms with Gasteiger partial charge >= 0.3 is 5.97 Å². The van der Waals surface area contributed by atoms with E-state index in [4.69, 9.17) is 0 Å². The second-order valence-electron chi connectivity index (χ2n) is 3.99. The van der Waals surface area contributed by atoms with Crippen LogP contribution in [0.5, 0.6) is 0 Å². The minimum Gasteiger partial charge on any atom is -0.465 e. The molecule has 0 aliphatic rings. The number of thiophene rings is 1. The number of fused-ring (bicyclic) bond motifs is 3. The van der Waals surface area contributed by atoms with Gasteiger partial charge in [-0.3, -0.25) is 4.79 Å². The van der Waals surface area contributed by atoms with E-state index in [0.717, 1.165) is 6.07 Å². The minimum absolute atomic E-state index is 0.0164. The highest BCUT2D eigenvalue weighted by Crippen LogP contribution is 2.28. The van der Waals surface area contributed by atoms with E-state index in [9.17, 15) is 14.0 Å². The van der Waals surface area contributed by atoms with E-state index in [0.29, 0.717) is 21.0 Å². The van der Waals surface area contributed by atoms with Crippen LogP contribution in [-0.4, -0.2) is 18.1 Å². The second kappa shape index (κ2) is 4.17. The summed E-state index contributed by atoms with van der Waals surface area (Å²) in [5, 5.41) is 2.88. The largest absolute Gasteiger partial charge is 0.465 e. The number of halogens is 1. The van der Waals surface area contributed by atoms with Crippen molar-refractivity contribution in [2.24, 2.45) is 0 Å². The third-order valence-corrected chi connectivity index (χ3v) is 3.82. The van der Waals surface area contributed by atoms with Crippen molar-refractivity contribution in [1.82, 2.24) is 4.98 Å². The first-order valence-corrected chi connectivity index (χ1v) is 6.31. The van der Waals surface area contributed by atoms with Crippen molar-refractivity contribution in [3.63, 3.8) is 0 Å². The molecule has 0 fully saturated rings. The molecule has 0 amide bonds. The molecule has 0 atom stereocenters.